The van der Waals surface area contributed by atoms with Gasteiger partial charge in [-0.1, -0.05) is 30.3 Å². The maximum absolute atomic E-state index is 13.4. The summed E-state index contributed by atoms with van der Waals surface area (Å²) in [5, 5.41) is 5.73. The number of carbonyl (C=O) groups is 3. The van der Waals surface area contributed by atoms with Crippen LogP contribution in [0.1, 0.15) is 33.8 Å². The number of hydrogen-bond donors (Lipinski definition) is 2. The maximum atomic E-state index is 13.4. The molecule has 4 bridgehead atoms. The third kappa shape index (κ3) is 7.37. The van der Waals surface area contributed by atoms with E-state index in [4.69, 9.17) is 13.9 Å². The lowest BCUT2D eigenvalue weighted by atomic mass is 10.0. The normalized spacial score (nSPS) is 16.2. The number of oxazole rings is 1. The summed E-state index contributed by atoms with van der Waals surface area (Å²) >= 11 is 0. The van der Waals surface area contributed by atoms with E-state index in [1.54, 1.807) is 38.3 Å². The van der Waals surface area contributed by atoms with Crippen LogP contribution in [0.5, 0.6) is 11.5 Å². The molecule has 2 aromatic carbocycles. The van der Waals surface area contributed by atoms with E-state index >= 15 is 0 Å². The molecule has 0 aliphatic carbocycles. The zero-order valence-corrected chi connectivity index (χ0v) is 24.0. The largest absolute Gasteiger partial charge is 0.493 e. The van der Waals surface area contributed by atoms with E-state index in [0.29, 0.717) is 46.4 Å². The van der Waals surface area contributed by atoms with Crippen LogP contribution < -0.4 is 20.1 Å². The molecule has 1 aliphatic rings. The highest BCUT2D eigenvalue weighted by molar-refractivity contribution is 5.97. The van der Waals surface area contributed by atoms with Crippen LogP contribution in [0.3, 0.4) is 0 Å². The van der Waals surface area contributed by atoms with Crippen LogP contribution in [-0.2, 0) is 22.6 Å². The van der Waals surface area contributed by atoms with Gasteiger partial charge in [-0.25, -0.2) is 4.98 Å². The van der Waals surface area contributed by atoms with Crippen LogP contribution in [0.2, 0.25) is 0 Å². The molecule has 3 heterocycles. The fraction of sp³-hybridized carbons (Fsp3) is 0.281. The molecule has 0 unspecified atom stereocenters. The SMILES string of the molecule is COc1ccc2cc1OCCCN(C(=O)c1ccncc1)CC(=O)N[C@H](Cc1ccccc1)C(=O)NCc1nc-2oc1C. The highest BCUT2D eigenvalue weighted by Gasteiger charge is 2.25. The predicted octanol–water partition coefficient (Wildman–Crippen LogP) is 3.32. The number of nitrogens with one attached hydrogen (secondary N) is 2. The summed E-state index contributed by atoms with van der Waals surface area (Å²) in [5.74, 6) is 0.774. The fourth-order valence-corrected chi connectivity index (χ4v) is 4.77. The quantitative estimate of drug-likeness (QED) is 0.374. The number of hydrogen-bond acceptors (Lipinski definition) is 8. The summed E-state index contributed by atoms with van der Waals surface area (Å²) in [6, 6.07) is 17.1. The summed E-state index contributed by atoms with van der Waals surface area (Å²) in [6.45, 7) is 2.11. The topological polar surface area (TPSA) is 136 Å². The molecule has 2 aromatic heterocycles. The van der Waals surface area contributed by atoms with Gasteiger partial charge in [0.2, 0.25) is 17.7 Å². The Morgan fingerprint density at radius 2 is 1.88 bits per heavy atom. The maximum Gasteiger partial charge on any atom is 0.254 e. The van der Waals surface area contributed by atoms with E-state index in [-0.39, 0.29) is 44.5 Å². The van der Waals surface area contributed by atoms with E-state index in [1.807, 2.05) is 36.4 Å². The zero-order valence-electron chi connectivity index (χ0n) is 24.0. The molecular weight excluding hydrogens is 550 g/mol. The Balaban J connectivity index is 1.45. The van der Waals surface area contributed by atoms with Gasteiger partial charge in [0.25, 0.3) is 5.91 Å². The number of ether oxygens (including phenoxy) is 2. The summed E-state index contributed by atoms with van der Waals surface area (Å²) in [4.78, 5) is 50.2. The molecule has 5 rings (SSSR count). The van der Waals surface area contributed by atoms with Crippen molar-refractivity contribution in [3.8, 4) is 23.0 Å². The number of fused-ring (bicyclic) bond motifs is 5. The smallest absolute Gasteiger partial charge is 0.254 e. The van der Waals surface area contributed by atoms with Crippen LogP contribution in [0.15, 0.2) is 77.5 Å². The summed E-state index contributed by atoms with van der Waals surface area (Å²) in [6.07, 6.45) is 3.74. The van der Waals surface area contributed by atoms with Crippen molar-refractivity contribution >= 4 is 17.7 Å². The Bertz CT molecular complexity index is 1570. The highest BCUT2D eigenvalue weighted by atomic mass is 16.5. The fourth-order valence-electron chi connectivity index (χ4n) is 4.77. The number of methoxy groups -OCH3 is 1. The van der Waals surface area contributed by atoms with Gasteiger partial charge >= 0.3 is 0 Å². The van der Waals surface area contributed by atoms with E-state index < -0.39 is 11.9 Å². The number of rotatable bonds is 4. The number of carbonyl (C=O) groups excluding carboxylic acids is 3. The lowest BCUT2D eigenvalue weighted by Crippen LogP contribution is -2.51. The molecule has 0 fully saturated rings. The predicted molar refractivity (Wildman–Crippen MR) is 157 cm³/mol. The molecule has 11 nitrogen and oxygen atoms in total. The molecule has 0 saturated heterocycles. The molecule has 4 aromatic rings. The molecule has 0 radical (unpaired) electrons. The summed E-state index contributed by atoms with van der Waals surface area (Å²) < 4.78 is 17.4. The molecular formula is C32H33N5O6. The first-order valence-corrected chi connectivity index (χ1v) is 14.0. The van der Waals surface area contributed by atoms with Crippen molar-refractivity contribution in [1.29, 1.82) is 0 Å². The molecule has 1 aliphatic heterocycles. The van der Waals surface area contributed by atoms with Crippen LogP contribution in [0.25, 0.3) is 11.5 Å². The van der Waals surface area contributed by atoms with Gasteiger partial charge in [-0.15, -0.1) is 0 Å². The summed E-state index contributed by atoms with van der Waals surface area (Å²) in [5.41, 5.74) is 2.52. The number of benzene rings is 2. The van der Waals surface area contributed by atoms with E-state index in [2.05, 4.69) is 20.6 Å². The van der Waals surface area contributed by atoms with Gasteiger partial charge in [0, 0.05) is 36.5 Å². The third-order valence-corrected chi connectivity index (χ3v) is 7.05. The van der Waals surface area contributed by atoms with Crippen molar-refractivity contribution in [1.82, 2.24) is 25.5 Å². The van der Waals surface area contributed by atoms with E-state index in [1.165, 1.54) is 17.3 Å². The van der Waals surface area contributed by atoms with Gasteiger partial charge in [-0.05, 0) is 49.2 Å². The van der Waals surface area contributed by atoms with Crippen LogP contribution in [0, 0.1) is 6.92 Å². The second-order valence-corrected chi connectivity index (χ2v) is 10.1. The number of amides is 3. The van der Waals surface area contributed by atoms with Gasteiger partial charge in [0.05, 0.1) is 26.8 Å². The zero-order chi connectivity index (χ0) is 30.2. The number of pyridine rings is 1. The van der Waals surface area contributed by atoms with Gasteiger partial charge < -0.3 is 29.4 Å². The Hall–Kier alpha value is -5.19. The molecule has 3 amide bonds. The number of aromatic nitrogens is 2. The van der Waals surface area contributed by atoms with Gasteiger partial charge in [0.1, 0.15) is 17.5 Å². The van der Waals surface area contributed by atoms with Crippen molar-refractivity contribution in [2.24, 2.45) is 0 Å². The first-order valence-electron chi connectivity index (χ1n) is 14.0. The first-order chi connectivity index (χ1) is 20.9. The van der Waals surface area contributed by atoms with Gasteiger partial charge in [-0.3, -0.25) is 19.4 Å². The minimum Gasteiger partial charge on any atom is -0.493 e. The van der Waals surface area contributed by atoms with Crippen molar-refractivity contribution in [3.63, 3.8) is 0 Å². The Kier molecular flexibility index (Phi) is 9.30. The molecule has 11 heteroatoms. The van der Waals surface area contributed by atoms with Crippen LogP contribution >= 0.6 is 0 Å². The minimum absolute atomic E-state index is 0.0987. The van der Waals surface area contributed by atoms with Crippen LogP contribution in [0.4, 0.5) is 0 Å². The monoisotopic (exact) mass is 583 g/mol. The second kappa shape index (κ2) is 13.6. The standard InChI is InChI=1S/C32H33N5O6/c1-21-26-19-34-30(39)25(17-22-7-4-3-5-8-22)35-29(38)20-37(32(40)23-11-13-33-14-12-23)15-6-16-42-28-18-24(31(36-26)43-21)9-10-27(28)41-2/h3-5,7-14,18,25H,6,15-17,19-20H2,1-2H3,(H,34,39)(H,35,38)/t25-/m1/s1. The minimum atomic E-state index is -0.884. The second-order valence-electron chi connectivity index (χ2n) is 10.1. The van der Waals surface area contributed by atoms with Crippen molar-refractivity contribution < 1.29 is 28.3 Å². The number of aryl methyl sites for hydroxylation is 1. The molecule has 1 atom stereocenters. The molecule has 0 spiro atoms. The van der Waals surface area contributed by atoms with Gasteiger partial charge in [0.15, 0.2) is 11.5 Å². The third-order valence-electron chi connectivity index (χ3n) is 7.05. The Labute approximate surface area is 249 Å². The Morgan fingerprint density at radius 1 is 1.09 bits per heavy atom. The lowest BCUT2D eigenvalue weighted by molar-refractivity contribution is -0.129. The molecule has 222 valence electrons. The van der Waals surface area contributed by atoms with Crippen molar-refractivity contribution in [3.05, 3.63) is 95.6 Å². The van der Waals surface area contributed by atoms with Gasteiger partial charge in [-0.2, -0.15) is 0 Å². The molecule has 43 heavy (non-hydrogen) atoms. The lowest BCUT2D eigenvalue weighted by Gasteiger charge is -2.24. The molecule has 2 N–H and O–H groups in total. The van der Waals surface area contributed by atoms with Crippen molar-refractivity contribution in [2.45, 2.75) is 32.4 Å². The number of nitrogens with zero attached hydrogens (tertiary/aromatic N) is 3. The molecule has 0 saturated carbocycles. The van der Waals surface area contributed by atoms with E-state index in [9.17, 15) is 14.4 Å². The van der Waals surface area contributed by atoms with E-state index in [0.717, 1.165) is 5.56 Å². The highest BCUT2D eigenvalue weighted by Crippen LogP contribution is 2.33. The Morgan fingerprint density at radius 3 is 2.65 bits per heavy atom. The summed E-state index contributed by atoms with van der Waals surface area (Å²) in [7, 11) is 1.55. The average molecular weight is 584 g/mol. The van der Waals surface area contributed by atoms with Crippen LogP contribution in [-0.4, -0.2) is 65.4 Å². The first kappa shape index (κ1) is 29.3. The average Bonchev–Trinajstić information content (AvgIpc) is 3.41. The van der Waals surface area contributed by atoms with Crippen molar-refractivity contribution in [2.75, 3.05) is 26.8 Å².